The Morgan fingerprint density at radius 1 is 1.12 bits per heavy atom. The second kappa shape index (κ2) is 5.73. The standard InChI is InChI=1S/C16H31N/c1-4-16(10-5-11-16)12-17-15-8-6-14(7-9-15)13(2)3/h13-15,17H,4-12H2,1-3H3. The maximum Gasteiger partial charge on any atom is 0.00675 e. The summed E-state index contributed by atoms with van der Waals surface area (Å²) in [5.41, 5.74) is 0.689. The summed E-state index contributed by atoms with van der Waals surface area (Å²) in [5.74, 6) is 1.89. The monoisotopic (exact) mass is 237 g/mol. The third-order valence-electron chi connectivity index (χ3n) is 5.64. The lowest BCUT2D eigenvalue weighted by Crippen LogP contribution is -2.44. The van der Waals surface area contributed by atoms with Crippen LogP contribution < -0.4 is 5.32 Å². The van der Waals surface area contributed by atoms with Crippen LogP contribution in [0, 0.1) is 17.3 Å². The molecular weight excluding hydrogens is 206 g/mol. The molecule has 2 aliphatic rings. The maximum absolute atomic E-state index is 3.87. The van der Waals surface area contributed by atoms with Crippen molar-refractivity contribution in [1.29, 1.82) is 0 Å². The number of nitrogens with one attached hydrogen (secondary N) is 1. The van der Waals surface area contributed by atoms with Gasteiger partial charge in [0.15, 0.2) is 0 Å². The summed E-state index contributed by atoms with van der Waals surface area (Å²) in [6, 6.07) is 0.828. The van der Waals surface area contributed by atoms with Gasteiger partial charge < -0.3 is 5.32 Å². The minimum atomic E-state index is 0.689. The van der Waals surface area contributed by atoms with Crippen LogP contribution in [0.15, 0.2) is 0 Å². The molecule has 0 spiro atoms. The van der Waals surface area contributed by atoms with Gasteiger partial charge in [-0.15, -0.1) is 0 Å². The Balaban J connectivity index is 1.68. The zero-order valence-corrected chi connectivity index (χ0v) is 12.1. The Kier molecular flexibility index (Phi) is 4.52. The topological polar surface area (TPSA) is 12.0 Å². The first-order valence-electron chi connectivity index (χ1n) is 7.88. The minimum Gasteiger partial charge on any atom is -0.313 e. The lowest BCUT2D eigenvalue weighted by molar-refractivity contribution is 0.112. The Labute approximate surface area is 108 Å². The van der Waals surface area contributed by atoms with Crippen molar-refractivity contribution in [2.24, 2.45) is 17.3 Å². The summed E-state index contributed by atoms with van der Waals surface area (Å²) >= 11 is 0. The van der Waals surface area contributed by atoms with E-state index in [2.05, 4.69) is 26.1 Å². The lowest BCUT2D eigenvalue weighted by atomic mass is 9.67. The average Bonchev–Trinajstić information content (AvgIpc) is 2.29. The van der Waals surface area contributed by atoms with E-state index in [0.29, 0.717) is 5.41 Å². The first-order valence-corrected chi connectivity index (χ1v) is 7.88. The van der Waals surface area contributed by atoms with Gasteiger partial charge in [-0.2, -0.15) is 0 Å². The summed E-state index contributed by atoms with van der Waals surface area (Å²) in [7, 11) is 0. The molecule has 1 nitrogen and oxygen atoms in total. The molecule has 0 atom stereocenters. The third kappa shape index (κ3) is 3.24. The molecule has 0 aromatic carbocycles. The van der Waals surface area contributed by atoms with E-state index >= 15 is 0 Å². The van der Waals surface area contributed by atoms with Crippen LogP contribution in [0.3, 0.4) is 0 Å². The molecular formula is C16H31N. The molecule has 0 amide bonds. The second-order valence-corrected chi connectivity index (χ2v) is 6.94. The molecule has 17 heavy (non-hydrogen) atoms. The Morgan fingerprint density at radius 2 is 1.76 bits per heavy atom. The highest BCUT2D eigenvalue weighted by atomic mass is 14.9. The maximum atomic E-state index is 3.87. The van der Waals surface area contributed by atoms with E-state index < -0.39 is 0 Å². The van der Waals surface area contributed by atoms with Crippen LogP contribution in [0.5, 0.6) is 0 Å². The van der Waals surface area contributed by atoms with Gasteiger partial charge in [-0.3, -0.25) is 0 Å². The molecule has 2 saturated carbocycles. The van der Waals surface area contributed by atoms with E-state index in [9.17, 15) is 0 Å². The molecule has 1 N–H and O–H groups in total. The van der Waals surface area contributed by atoms with Crippen LogP contribution in [0.1, 0.15) is 72.1 Å². The lowest BCUT2D eigenvalue weighted by Gasteiger charge is -2.43. The zero-order valence-electron chi connectivity index (χ0n) is 12.1. The molecule has 0 aliphatic heterocycles. The van der Waals surface area contributed by atoms with Crippen LogP contribution in [0.2, 0.25) is 0 Å². The quantitative estimate of drug-likeness (QED) is 0.748. The first kappa shape index (κ1) is 13.4. The molecule has 100 valence electrons. The van der Waals surface area contributed by atoms with Crippen molar-refractivity contribution in [3.05, 3.63) is 0 Å². The van der Waals surface area contributed by atoms with E-state index in [1.807, 2.05) is 0 Å². The van der Waals surface area contributed by atoms with Crippen LogP contribution in [-0.2, 0) is 0 Å². The summed E-state index contributed by atoms with van der Waals surface area (Å²) in [6.45, 7) is 8.44. The van der Waals surface area contributed by atoms with Gasteiger partial charge in [-0.05, 0) is 62.2 Å². The second-order valence-electron chi connectivity index (χ2n) is 6.94. The summed E-state index contributed by atoms with van der Waals surface area (Å²) < 4.78 is 0. The van der Waals surface area contributed by atoms with Gasteiger partial charge in [0.05, 0.1) is 0 Å². The highest BCUT2D eigenvalue weighted by Crippen LogP contribution is 2.43. The number of hydrogen-bond donors (Lipinski definition) is 1. The average molecular weight is 237 g/mol. The fourth-order valence-corrected chi connectivity index (χ4v) is 3.68. The van der Waals surface area contributed by atoms with Gasteiger partial charge in [0.1, 0.15) is 0 Å². The van der Waals surface area contributed by atoms with Crippen LogP contribution in [0.25, 0.3) is 0 Å². The fourth-order valence-electron chi connectivity index (χ4n) is 3.68. The molecule has 2 rings (SSSR count). The van der Waals surface area contributed by atoms with E-state index in [4.69, 9.17) is 0 Å². The molecule has 2 fully saturated rings. The van der Waals surface area contributed by atoms with Crippen LogP contribution in [0.4, 0.5) is 0 Å². The molecule has 0 heterocycles. The predicted octanol–water partition coefficient (Wildman–Crippen LogP) is 4.37. The molecule has 0 radical (unpaired) electrons. The van der Waals surface area contributed by atoms with Crippen molar-refractivity contribution < 1.29 is 0 Å². The minimum absolute atomic E-state index is 0.689. The predicted molar refractivity (Wildman–Crippen MR) is 75.2 cm³/mol. The zero-order chi connectivity index (χ0) is 12.3. The van der Waals surface area contributed by atoms with Crippen molar-refractivity contribution in [2.45, 2.75) is 78.2 Å². The van der Waals surface area contributed by atoms with E-state index in [1.54, 1.807) is 0 Å². The Morgan fingerprint density at radius 3 is 2.18 bits per heavy atom. The molecule has 1 heteroatoms. The van der Waals surface area contributed by atoms with E-state index in [1.165, 1.54) is 57.9 Å². The van der Waals surface area contributed by atoms with Gasteiger partial charge in [0.2, 0.25) is 0 Å². The van der Waals surface area contributed by atoms with Crippen molar-refractivity contribution in [3.63, 3.8) is 0 Å². The van der Waals surface area contributed by atoms with Gasteiger partial charge in [-0.25, -0.2) is 0 Å². The normalized spacial score (nSPS) is 32.5. The van der Waals surface area contributed by atoms with Crippen molar-refractivity contribution in [3.8, 4) is 0 Å². The van der Waals surface area contributed by atoms with Crippen LogP contribution in [-0.4, -0.2) is 12.6 Å². The van der Waals surface area contributed by atoms with Gasteiger partial charge >= 0.3 is 0 Å². The van der Waals surface area contributed by atoms with Gasteiger partial charge in [-0.1, -0.05) is 27.2 Å². The largest absolute Gasteiger partial charge is 0.313 e. The van der Waals surface area contributed by atoms with Gasteiger partial charge in [0, 0.05) is 12.6 Å². The molecule has 0 unspecified atom stereocenters. The highest BCUT2D eigenvalue weighted by molar-refractivity contribution is 4.90. The van der Waals surface area contributed by atoms with Crippen molar-refractivity contribution in [2.75, 3.05) is 6.54 Å². The van der Waals surface area contributed by atoms with Crippen molar-refractivity contribution >= 4 is 0 Å². The molecule has 0 bridgehead atoms. The van der Waals surface area contributed by atoms with E-state index in [-0.39, 0.29) is 0 Å². The Hall–Kier alpha value is -0.0400. The number of hydrogen-bond acceptors (Lipinski definition) is 1. The van der Waals surface area contributed by atoms with E-state index in [0.717, 1.165) is 17.9 Å². The molecule has 2 aliphatic carbocycles. The van der Waals surface area contributed by atoms with Crippen molar-refractivity contribution in [1.82, 2.24) is 5.32 Å². The molecule has 0 aromatic rings. The highest BCUT2D eigenvalue weighted by Gasteiger charge is 2.35. The number of rotatable bonds is 5. The first-order chi connectivity index (χ1) is 8.15. The van der Waals surface area contributed by atoms with Crippen LogP contribution >= 0.6 is 0 Å². The third-order valence-corrected chi connectivity index (χ3v) is 5.64. The SMILES string of the molecule is CCC1(CNC2CCC(C(C)C)CC2)CCC1. The summed E-state index contributed by atoms with van der Waals surface area (Å²) in [6.07, 6.45) is 11.5. The summed E-state index contributed by atoms with van der Waals surface area (Å²) in [4.78, 5) is 0. The smallest absolute Gasteiger partial charge is 0.00675 e. The molecule has 0 saturated heterocycles. The Bertz CT molecular complexity index is 216. The molecule has 0 aromatic heterocycles. The van der Waals surface area contributed by atoms with Gasteiger partial charge in [0.25, 0.3) is 0 Å². The fraction of sp³-hybridized carbons (Fsp3) is 1.00. The summed E-state index contributed by atoms with van der Waals surface area (Å²) in [5, 5.41) is 3.87.